The SMILES string of the molecule is CCC(C)(CC)c1cc(C)cc(-c2cc3[se]ccc3cn2)c1. The van der Waals surface area contributed by atoms with Crippen LogP contribution in [0.1, 0.15) is 44.7 Å². The van der Waals surface area contributed by atoms with Crippen LogP contribution in [0.4, 0.5) is 0 Å². The molecule has 3 aromatic rings. The summed E-state index contributed by atoms with van der Waals surface area (Å²) < 4.78 is 1.45. The van der Waals surface area contributed by atoms with E-state index in [1.54, 1.807) is 0 Å². The number of hydrogen-bond donors (Lipinski definition) is 0. The van der Waals surface area contributed by atoms with Crippen LogP contribution in [0.15, 0.2) is 41.5 Å². The van der Waals surface area contributed by atoms with Gasteiger partial charge in [-0.1, -0.05) is 0 Å². The van der Waals surface area contributed by atoms with Gasteiger partial charge in [0, 0.05) is 0 Å². The quantitative estimate of drug-likeness (QED) is 0.575. The van der Waals surface area contributed by atoms with E-state index in [4.69, 9.17) is 4.98 Å². The van der Waals surface area contributed by atoms with Gasteiger partial charge in [-0.25, -0.2) is 0 Å². The average Bonchev–Trinajstić information content (AvgIpc) is 3.01. The monoisotopic (exact) mass is 357 g/mol. The molecule has 0 amide bonds. The Morgan fingerprint density at radius 3 is 2.59 bits per heavy atom. The molecule has 0 N–H and O–H groups in total. The molecule has 22 heavy (non-hydrogen) atoms. The summed E-state index contributed by atoms with van der Waals surface area (Å²) in [5.41, 5.74) is 5.39. The summed E-state index contributed by atoms with van der Waals surface area (Å²) in [5.74, 6) is 0. The Hall–Kier alpha value is -1.37. The maximum absolute atomic E-state index is 4.70. The van der Waals surface area contributed by atoms with E-state index in [0.29, 0.717) is 14.5 Å². The second-order valence-electron chi connectivity index (χ2n) is 6.38. The van der Waals surface area contributed by atoms with Crippen molar-refractivity contribution in [2.24, 2.45) is 0 Å². The predicted molar refractivity (Wildman–Crippen MR) is 96.8 cm³/mol. The van der Waals surface area contributed by atoms with E-state index in [-0.39, 0.29) is 5.41 Å². The van der Waals surface area contributed by atoms with E-state index in [9.17, 15) is 0 Å². The van der Waals surface area contributed by atoms with Gasteiger partial charge in [-0.15, -0.1) is 0 Å². The fourth-order valence-corrected chi connectivity index (χ4v) is 4.62. The summed E-state index contributed by atoms with van der Waals surface area (Å²) in [6.45, 7) is 9.13. The van der Waals surface area contributed by atoms with Gasteiger partial charge in [0.25, 0.3) is 0 Å². The molecular formula is C20H23NSe. The van der Waals surface area contributed by atoms with E-state index in [1.165, 1.54) is 26.3 Å². The second-order valence-corrected chi connectivity index (χ2v) is 8.37. The number of rotatable bonds is 4. The summed E-state index contributed by atoms with van der Waals surface area (Å²) >= 11 is 0.473. The van der Waals surface area contributed by atoms with Crippen molar-refractivity contribution in [3.8, 4) is 11.3 Å². The van der Waals surface area contributed by atoms with Crippen LogP contribution < -0.4 is 0 Å². The molecule has 0 aliphatic carbocycles. The molecule has 0 saturated carbocycles. The molecule has 0 bridgehead atoms. The Morgan fingerprint density at radius 2 is 1.86 bits per heavy atom. The van der Waals surface area contributed by atoms with Gasteiger partial charge < -0.3 is 0 Å². The Labute approximate surface area is 139 Å². The number of aryl methyl sites for hydroxylation is 1. The fourth-order valence-electron chi connectivity index (χ4n) is 2.95. The Balaban J connectivity index is 2.12. The summed E-state index contributed by atoms with van der Waals surface area (Å²) in [5, 5.41) is 1.29. The molecule has 2 aromatic heterocycles. The van der Waals surface area contributed by atoms with Crippen molar-refractivity contribution in [3.63, 3.8) is 0 Å². The molecule has 114 valence electrons. The van der Waals surface area contributed by atoms with Crippen LogP contribution in [-0.4, -0.2) is 19.5 Å². The molecular weight excluding hydrogens is 333 g/mol. The number of benzene rings is 1. The van der Waals surface area contributed by atoms with Gasteiger partial charge in [0.15, 0.2) is 0 Å². The molecule has 1 nitrogen and oxygen atoms in total. The Kier molecular flexibility index (Phi) is 4.25. The van der Waals surface area contributed by atoms with Crippen LogP contribution in [-0.2, 0) is 5.41 Å². The van der Waals surface area contributed by atoms with Crippen LogP contribution >= 0.6 is 0 Å². The third-order valence-corrected chi connectivity index (χ3v) is 6.81. The van der Waals surface area contributed by atoms with Crippen LogP contribution in [0.3, 0.4) is 0 Å². The van der Waals surface area contributed by atoms with E-state index >= 15 is 0 Å². The van der Waals surface area contributed by atoms with Crippen molar-refractivity contribution in [2.75, 3.05) is 0 Å². The van der Waals surface area contributed by atoms with Crippen LogP contribution in [0, 0.1) is 6.92 Å². The summed E-state index contributed by atoms with van der Waals surface area (Å²) in [7, 11) is 0. The molecule has 1 aromatic carbocycles. The first-order valence-electron chi connectivity index (χ1n) is 8.01. The number of pyridine rings is 1. The van der Waals surface area contributed by atoms with E-state index in [0.717, 1.165) is 18.5 Å². The second kappa shape index (κ2) is 6.02. The first kappa shape index (κ1) is 15.5. The van der Waals surface area contributed by atoms with E-state index < -0.39 is 0 Å². The summed E-state index contributed by atoms with van der Waals surface area (Å²) in [6, 6.07) is 11.4. The molecule has 0 aliphatic heterocycles. The number of nitrogens with zero attached hydrogens (tertiary/aromatic N) is 1. The predicted octanol–water partition coefficient (Wildman–Crippen LogP) is 5.34. The standard InChI is InChI=1S/C20H23NSe/c1-5-20(4,6-2)17-10-14(3)9-16(11-17)18-12-19-15(13-21-18)7-8-22-19/h7-13H,5-6H2,1-4H3. The molecule has 2 heteroatoms. The molecule has 3 rings (SSSR count). The minimum absolute atomic E-state index is 0.253. The first-order valence-corrected chi connectivity index (χ1v) is 9.86. The van der Waals surface area contributed by atoms with Crippen molar-refractivity contribution in [2.45, 2.75) is 46.0 Å². The van der Waals surface area contributed by atoms with Gasteiger partial charge in [0.05, 0.1) is 0 Å². The van der Waals surface area contributed by atoms with Crippen molar-refractivity contribution >= 4 is 24.1 Å². The Bertz CT molecular complexity index is 796. The van der Waals surface area contributed by atoms with Gasteiger partial charge in [-0.3, -0.25) is 0 Å². The van der Waals surface area contributed by atoms with Crippen molar-refractivity contribution < 1.29 is 0 Å². The number of fused-ring (bicyclic) bond motifs is 1. The zero-order valence-corrected chi connectivity index (χ0v) is 15.5. The van der Waals surface area contributed by atoms with Gasteiger partial charge in [0.2, 0.25) is 0 Å². The molecule has 0 fully saturated rings. The normalized spacial score (nSPS) is 12.0. The van der Waals surface area contributed by atoms with Crippen LogP contribution in [0.2, 0.25) is 0 Å². The van der Waals surface area contributed by atoms with Gasteiger partial charge in [-0.2, -0.15) is 0 Å². The molecule has 0 aliphatic rings. The zero-order chi connectivity index (χ0) is 15.7. The van der Waals surface area contributed by atoms with Gasteiger partial charge in [-0.05, 0) is 0 Å². The zero-order valence-electron chi connectivity index (χ0n) is 13.8. The van der Waals surface area contributed by atoms with Crippen molar-refractivity contribution in [1.82, 2.24) is 4.98 Å². The topological polar surface area (TPSA) is 12.9 Å². The third kappa shape index (κ3) is 2.78. The fraction of sp³-hybridized carbons (Fsp3) is 0.350. The molecule has 0 radical (unpaired) electrons. The number of hydrogen-bond acceptors (Lipinski definition) is 1. The summed E-state index contributed by atoms with van der Waals surface area (Å²) in [4.78, 5) is 6.97. The molecule has 0 spiro atoms. The van der Waals surface area contributed by atoms with Crippen molar-refractivity contribution in [3.05, 3.63) is 52.6 Å². The minimum atomic E-state index is 0.253. The van der Waals surface area contributed by atoms with Gasteiger partial charge in [0.1, 0.15) is 0 Å². The van der Waals surface area contributed by atoms with E-state index in [1.807, 2.05) is 6.20 Å². The molecule has 0 saturated heterocycles. The Morgan fingerprint density at radius 1 is 1.09 bits per heavy atom. The number of aromatic nitrogens is 1. The van der Waals surface area contributed by atoms with Crippen LogP contribution in [0.5, 0.6) is 0 Å². The third-order valence-electron chi connectivity index (χ3n) is 4.97. The molecule has 2 heterocycles. The molecule has 0 unspecified atom stereocenters. The van der Waals surface area contributed by atoms with Crippen LogP contribution in [0.25, 0.3) is 20.9 Å². The molecule has 0 atom stereocenters. The first-order chi connectivity index (χ1) is 10.6. The van der Waals surface area contributed by atoms with Crippen molar-refractivity contribution in [1.29, 1.82) is 0 Å². The maximum atomic E-state index is 4.70. The van der Waals surface area contributed by atoms with E-state index in [2.05, 4.69) is 63.0 Å². The average molecular weight is 356 g/mol. The summed E-state index contributed by atoms with van der Waals surface area (Å²) in [6.07, 6.45) is 4.35. The van der Waals surface area contributed by atoms with Gasteiger partial charge >= 0.3 is 139 Å².